The maximum Gasteiger partial charge on any atom is 0.264 e. The molecule has 1 heterocycles. The maximum atomic E-state index is 13.3. The standard InChI is InChI=1S/C23H22N4O/c1-27-21(28)23(26-22(27)25,19-10-3-2-4-11-19)20-12-6-9-18(14-20)17-8-5-7-16(13-17)15-24/h2-14H,15,24H2,1H3,(H2,25,26). The third kappa shape index (κ3) is 2.77. The minimum Gasteiger partial charge on any atom is -0.334 e. The minimum atomic E-state index is -1.12. The number of carbonyl (C=O) groups is 1. The minimum absolute atomic E-state index is 0.0874. The molecule has 1 saturated heterocycles. The van der Waals surface area contributed by atoms with E-state index in [2.05, 4.69) is 11.4 Å². The van der Waals surface area contributed by atoms with Crippen LogP contribution in [0, 0.1) is 5.41 Å². The maximum absolute atomic E-state index is 13.3. The Morgan fingerprint density at radius 3 is 2.21 bits per heavy atom. The van der Waals surface area contributed by atoms with Crippen LogP contribution >= 0.6 is 0 Å². The molecule has 4 N–H and O–H groups in total. The SMILES string of the molecule is CN1C(=N)NC(c2ccccc2)(c2cccc(-c3cccc(CN)c3)c2)C1=O. The van der Waals surface area contributed by atoms with Crippen molar-refractivity contribution >= 4 is 11.9 Å². The molecule has 0 saturated carbocycles. The van der Waals surface area contributed by atoms with E-state index in [4.69, 9.17) is 11.1 Å². The molecule has 1 amide bonds. The molecule has 0 radical (unpaired) electrons. The summed E-state index contributed by atoms with van der Waals surface area (Å²) < 4.78 is 0. The summed E-state index contributed by atoms with van der Waals surface area (Å²) in [5.74, 6) is -0.0825. The van der Waals surface area contributed by atoms with Crippen molar-refractivity contribution in [3.05, 3.63) is 95.6 Å². The van der Waals surface area contributed by atoms with Crippen LogP contribution in [0.25, 0.3) is 11.1 Å². The molecule has 1 aliphatic heterocycles. The lowest BCUT2D eigenvalue weighted by Crippen LogP contribution is -2.45. The van der Waals surface area contributed by atoms with Crippen molar-refractivity contribution in [1.29, 1.82) is 5.41 Å². The van der Waals surface area contributed by atoms with Gasteiger partial charge in [-0.1, -0.05) is 66.7 Å². The Hall–Kier alpha value is -3.44. The van der Waals surface area contributed by atoms with Crippen molar-refractivity contribution in [2.75, 3.05) is 7.05 Å². The number of guanidine groups is 1. The first-order valence-corrected chi connectivity index (χ1v) is 9.16. The molecule has 0 aromatic heterocycles. The fourth-order valence-corrected chi connectivity index (χ4v) is 3.72. The summed E-state index contributed by atoms with van der Waals surface area (Å²) in [5, 5.41) is 11.3. The molecule has 5 nitrogen and oxygen atoms in total. The highest BCUT2D eigenvalue weighted by atomic mass is 16.2. The Morgan fingerprint density at radius 1 is 0.929 bits per heavy atom. The molecule has 1 aliphatic rings. The summed E-state index contributed by atoms with van der Waals surface area (Å²) in [4.78, 5) is 14.6. The highest BCUT2D eigenvalue weighted by Gasteiger charge is 2.50. The van der Waals surface area contributed by atoms with Crippen molar-refractivity contribution in [2.24, 2.45) is 5.73 Å². The molecule has 1 fully saturated rings. The summed E-state index contributed by atoms with van der Waals surface area (Å²) in [6, 6.07) is 25.5. The Bertz CT molecular complexity index is 1050. The Labute approximate surface area is 164 Å². The van der Waals surface area contributed by atoms with Gasteiger partial charge in [0.15, 0.2) is 11.5 Å². The summed E-state index contributed by atoms with van der Waals surface area (Å²) >= 11 is 0. The largest absolute Gasteiger partial charge is 0.334 e. The van der Waals surface area contributed by atoms with Crippen LogP contribution in [0.4, 0.5) is 0 Å². The lowest BCUT2D eigenvalue weighted by molar-refractivity contribution is -0.129. The number of hydrogen-bond donors (Lipinski definition) is 3. The van der Waals surface area contributed by atoms with E-state index >= 15 is 0 Å². The number of nitrogens with two attached hydrogens (primary N) is 1. The van der Waals surface area contributed by atoms with Crippen LogP contribution in [-0.4, -0.2) is 23.8 Å². The summed E-state index contributed by atoms with van der Waals surface area (Å²) in [5.41, 5.74) is 9.37. The molecule has 0 aliphatic carbocycles. The molecule has 0 spiro atoms. The second-order valence-electron chi connectivity index (χ2n) is 6.94. The highest BCUT2D eigenvalue weighted by molar-refractivity contribution is 6.10. The second-order valence-corrected chi connectivity index (χ2v) is 6.94. The summed E-state index contributed by atoms with van der Waals surface area (Å²) in [6.45, 7) is 0.476. The van der Waals surface area contributed by atoms with Gasteiger partial charge in [-0.05, 0) is 39.9 Å². The van der Waals surface area contributed by atoms with Crippen LogP contribution in [0.5, 0.6) is 0 Å². The van der Waals surface area contributed by atoms with Gasteiger partial charge in [0.25, 0.3) is 5.91 Å². The number of amides is 1. The van der Waals surface area contributed by atoms with Crippen molar-refractivity contribution in [1.82, 2.24) is 10.2 Å². The fraction of sp³-hybridized carbons (Fsp3) is 0.130. The van der Waals surface area contributed by atoms with Gasteiger partial charge in [-0.15, -0.1) is 0 Å². The first-order chi connectivity index (χ1) is 13.6. The van der Waals surface area contributed by atoms with E-state index in [1.54, 1.807) is 7.05 Å². The van der Waals surface area contributed by atoms with Crippen LogP contribution in [0.3, 0.4) is 0 Å². The van der Waals surface area contributed by atoms with E-state index in [1.807, 2.05) is 72.8 Å². The van der Waals surface area contributed by atoms with Gasteiger partial charge in [0.05, 0.1) is 0 Å². The highest BCUT2D eigenvalue weighted by Crippen LogP contribution is 2.37. The monoisotopic (exact) mass is 370 g/mol. The summed E-state index contributed by atoms with van der Waals surface area (Å²) in [6.07, 6.45) is 0. The van der Waals surface area contributed by atoms with Gasteiger partial charge in [0.1, 0.15) is 0 Å². The Morgan fingerprint density at radius 2 is 1.57 bits per heavy atom. The molecule has 0 bridgehead atoms. The number of carbonyl (C=O) groups excluding carboxylic acids is 1. The average Bonchev–Trinajstić information content (AvgIpc) is 2.99. The predicted octanol–water partition coefficient (Wildman–Crippen LogP) is 3.05. The van der Waals surface area contributed by atoms with Gasteiger partial charge in [-0.3, -0.25) is 15.1 Å². The van der Waals surface area contributed by atoms with Gasteiger partial charge >= 0.3 is 0 Å². The van der Waals surface area contributed by atoms with Crippen LogP contribution in [0.2, 0.25) is 0 Å². The summed E-state index contributed by atoms with van der Waals surface area (Å²) in [7, 11) is 1.62. The number of rotatable bonds is 4. The van der Waals surface area contributed by atoms with Crippen LogP contribution in [0.1, 0.15) is 16.7 Å². The van der Waals surface area contributed by atoms with E-state index in [1.165, 1.54) is 4.90 Å². The fourth-order valence-electron chi connectivity index (χ4n) is 3.72. The van der Waals surface area contributed by atoms with E-state index in [0.29, 0.717) is 6.54 Å². The molecule has 3 aromatic rings. The molecular weight excluding hydrogens is 348 g/mol. The molecular formula is C23H22N4O. The molecule has 1 atom stereocenters. The van der Waals surface area contributed by atoms with E-state index in [-0.39, 0.29) is 11.9 Å². The van der Waals surface area contributed by atoms with Crippen LogP contribution in [-0.2, 0) is 16.9 Å². The van der Waals surface area contributed by atoms with Crippen LogP contribution < -0.4 is 11.1 Å². The zero-order chi connectivity index (χ0) is 19.7. The second kappa shape index (κ2) is 6.94. The van der Waals surface area contributed by atoms with Gasteiger partial charge < -0.3 is 11.1 Å². The van der Waals surface area contributed by atoms with E-state index in [9.17, 15) is 4.79 Å². The number of likely N-dealkylation sites (N-methyl/N-ethyl adjacent to an activating group) is 1. The van der Waals surface area contributed by atoms with Gasteiger partial charge in [0, 0.05) is 13.6 Å². The van der Waals surface area contributed by atoms with Crippen molar-refractivity contribution < 1.29 is 4.79 Å². The molecule has 3 aromatic carbocycles. The molecule has 5 heteroatoms. The lowest BCUT2D eigenvalue weighted by atomic mass is 9.81. The third-order valence-corrected chi connectivity index (χ3v) is 5.27. The van der Waals surface area contributed by atoms with Gasteiger partial charge in [-0.2, -0.15) is 0 Å². The van der Waals surface area contributed by atoms with Crippen LogP contribution in [0.15, 0.2) is 78.9 Å². The zero-order valence-electron chi connectivity index (χ0n) is 15.6. The van der Waals surface area contributed by atoms with Crippen molar-refractivity contribution in [2.45, 2.75) is 12.1 Å². The number of nitrogens with one attached hydrogen (secondary N) is 2. The van der Waals surface area contributed by atoms with E-state index in [0.717, 1.165) is 27.8 Å². The lowest BCUT2D eigenvalue weighted by Gasteiger charge is -2.28. The van der Waals surface area contributed by atoms with Gasteiger partial charge in [-0.25, -0.2) is 0 Å². The molecule has 140 valence electrons. The topological polar surface area (TPSA) is 82.2 Å². The molecule has 1 unspecified atom stereocenters. The third-order valence-electron chi connectivity index (χ3n) is 5.27. The Kier molecular flexibility index (Phi) is 4.45. The Balaban J connectivity index is 1.89. The zero-order valence-corrected chi connectivity index (χ0v) is 15.6. The smallest absolute Gasteiger partial charge is 0.264 e. The van der Waals surface area contributed by atoms with E-state index < -0.39 is 5.54 Å². The number of nitrogens with zero attached hydrogens (tertiary/aromatic N) is 1. The van der Waals surface area contributed by atoms with Gasteiger partial charge in [0.2, 0.25) is 0 Å². The molecule has 4 rings (SSSR count). The quantitative estimate of drug-likeness (QED) is 0.660. The predicted molar refractivity (Wildman–Crippen MR) is 111 cm³/mol. The normalized spacial score (nSPS) is 19.0. The molecule has 28 heavy (non-hydrogen) atoms. The number of benzene rings is 3. The first kappa shape index (κ1) is 17.9. The number of hydrogen-bond acceptors (Lipinski definition) is 3. The van der Waals surface area contributed by atoms with Crippen molar-refractivity contribution in [3.63, 3.8) is 0 Å². The van der Waals surface area contributed by atoms with Crippen molar-refractivity contribution in [3.8, 4) is 11.1 Å². The first-order valence-electron chi connectivity index (χ1n) is 9.16. The average molecular weight is 370 g/mol.